The van der Waals surface area contributed by atoms with Crippen LogP contribution in [0.4, 0.5) is 10.1 Å². The predicted octanol–water partition coefficient (Wildman–Crippen LogP) is 1.33. The van der Waals surface area contributed by atoms with Crippen LogP contribution in [-0.4, -0.2) is 50.6 Å². The number of piperazine rings is 1. The Hall–Kier alpha value is -1.62. The monoisotopic (exact) mass is 265 g/mol. The Labute approximate surface area is 113 Å². The van der Waals surface area contributed by atoms with E-state index < -0.39 is 0 Å². The van der Waals surface area contributed by atoms with Gasteiger partial charge in [0, 0.05) is 38.8 Å². The zero-order valence-corrected chi connectivity index (χ0v) is 11.4. The second-order valence-corrected chi connectivity index (χ2v) is 4.67. The van der Waals surface area contributed by atoms with E-state index in [9.17, 15) is 9.18 Å². The first-order valence-electron chi connectivity index (χ1n) is 6.64. The van der Waals surface area contributed by atoms with Crippen LogP contribution in [0.3, 0.4) is 0 Å². The molecule has 2 rings (SSSR count). The summed E-state index contributed by atoms with van der Waals surface area (Å²) >= 11 is 0. The third-order valence-corrected chi connectivity index (χ3v) is 3.60. The summed E-state index contributed by atoms with van der Waals surface area (Å²) in [7, 11) is 1.54. The van der Waals surface area contributed by atoms with Crippen LogP contribution < -0.4 is 10.2 Å². The standard InChI is InChI=1S/C14H20FN3O/c1-3-17-6-8-18(9-7-17)13-5-4-11(10-12(13)15)14(19)16-2/h4-5,10H,3,6-9H2,1-2H3,(H,16,19). The number of hydrogen-bond donors (Lipinski definition) is 1. The van der Waals surface area contributed by atoms with Crippen molar-refractivity contribution < 1.29 is 9.18 Å². The third kappa shape index (κ3) is 3.04. The SMILES string of the molecule is CCN1CCN(c2ccc(C(=O)NC)cc2F)CC1. The van der Waals surface area contributed by atoms with Crippen LogP contribution in [0.15, 0.2) is 18.2 Å². The highest BCUT2D eigenvalue weighted by Crippen LogP contribution is 2.22. The maximum atomic E-state index is 14.1. The molecule has 1 aromatic carbocycles. The fourth-order valence-corrected chi connectivity index (χ4v) is 2.35. The molecule has 0 aromatic heterocycles. The van der Waals surface area contributed by atoms with Crippen molar-refractivity contribution in [1.29, 1.82) is 0 Å². The number of halogens is 1. The zero-order valence-electron chi connectivity index (χ0n) is 11.4. The first-order valence-corrected chi connectivity index (χ1v) is 6.64. The van der Waals surface area contributed by atoms with Crippen molar-refractivity contribution in [3.63, 3.8) is 0 Å². The minimum absolute atomic E-state index is 0.263. The maximum absolute atomic E-state index is 14.1. The molecular weight excluding hydrogens is 245 g/mol. The fraction of sp³-hybridized carbons (Fsp3) is 0.500. The molecule has 4 nitrogen and oxygen atoms in total. The third-order valence-electron chi connectivity index (χ3n) is 3.60. The van der Waals surface area contributed by atoms with E-state index in [-0.39, 0.29) is 11.7 Å². The topological polar surface area (TPSA) is 35.6 Å². The van der Waals surface area contributed by atoms with Crippen LogP contribution >= 0.6 is 0 Å². The summed E-state index contributed by atoms with van der Waals surface area (Å²) in [5, 5.41) is 2.50. The average molecular weight is 265 g/mol. The van der Waals surface area contributed by atoms with E-state index in [4.69, 9.17) is 0 Å². The van der Waals surface area contributed by atoms with Crippen LogP contribution in [0, 0.1) is 5.82 Å². The lowest BCUT2D eigenvalue weighted by atomic mass is 10.1. The molecule has 1 aliphatic rings. The Morgan fingerprint density at radius 1 is 1.32 bits per heavy atom. The summed E-state index contributed by atoms with van der Waals surface area (Å²) in [6.07, 6.45) is 0. The van der Waals surface area contributed by atoms with Crippen LogP contribution in [0.1, 0.15) is 17.3 Å². The molecule has 0 aliphatic carbocycles. The van der Waals surface area contributed by atoms with Crippen molar-refractivity contribution >= 4 is 11.6 Å². The van der Waals surface area contributed by atoms with Crippen LogP contribution in [0.2, 0.25) is 0 Å². The van der Waals surface area contributed by atoms with Crippen LogP contribution in [-0.2, 0) is 0 Å². The van der Waals surface area contributed by atoms with E-state index in [1.807, 2.05) is 4.90 Å². The molecule has 1 amide bonds. The number of benzene rings is 1. The summed E-state index contributed by atoms with van der Waals surface area (Å²) in [4.78, 5) is 15.8. The van der Waals surface area contributed by atoms with Gasteiger partial charge in [0.05, 0.1) is 5.69 Å². The van der Waals surface area contributed by atoms with Gasteiger partial charge in [-0.25, -0.2) is 4.39 Å². The molecule has 104 valence electrons. The van der Waals surface area contributed by atoms with Gasteiger partial charge in [-0.15, -0.1) is 0 Å². The number of carbonyl (C=O) groups is 1. The molecular formula is C14H20FN3O. The number of carbonyl (C=O) groups excluding carboxylic acids is 1. The van der Waals surface area contributed by atoms with Gasteiger partial charge in [-0.1, -0.05) is 6.92 Å². The molecule has 1 heterocycles. The molecule has 0 bridgehead atoms. The fourth-order valence-electron chi connectivity index (χ4n) is 2.35. The molecule has 1 fully saturated rings. The molecule has 0 saturated carbocycles. The average Bonchev–Trinajstić information content (AvgIpc) is 2.46. The quantitative estimate of drug-likeness (QED) is 0.895. The van der Waals surface area contributed by atoms with E-state index in [1.54, 1.807) is 12.1 Å². The van der Waals surface area contributed by atoms with E-state index in [1.165, 1.54) is 13.1 Å². The first kappa shape index (κ1) is 13.8. The Kier molecular flexibility index (Phi) is 4.37. The first-order chi connectivity index (χ1) is 9.15. The van der Waals surface area contributed by atoms with Gasteiger partial charge < -0.3 is 15.1 Å². The number of nitrogens with one attached hydrogen (secondary N) is 1. The summed E-state index contributed by atoms with van der Waals surface area (Å²) in [5.41, 5.74) is 0.944. The normalized spacial score (nSPS) is 16.5. The molecule has 19 heavy (non-hydrogen) atoms. The van der Waals surface area contributed by atoms with Crippen molar-refractivity contribution in [2.45, 2.75) is 6.92 Å². The van der Waals surface area contributed by atoms with Crippen molar-refractivity contribution in [1.82, 2.24) is 10.2 Å². The highest BCUT2D eigenvalue weighted by molar-refractivity contribution is 5.94. The second-order valence-electron chi connectivity index (χ2n) is 4.67. The maximum Gasteiger partial charge on any atom is 0.251 e. The molecule has 0 unspecified atom stereocenters. The van der Waals surface area contributed by atoms with Crippen molar-refractivity contribution in [2.24, 2.45) is 0 Å². The van der Waals surface area contributed by atoms with Crippen LogP contribution in [0.5, 0.6) is 0 Å². The Balaban J connectivity index is 2.11. The van der Waals surface area contributed by atoms with Gasteiger partial charge >= 0.3 is 0 Å². The molecule has 0 atom stereocenters. The van der Waals surface area contributed by atoms with Gasteiger partial charge in [0.25, 0.3) is 5.91 Å². The van der Waals surface area contributed by atoms with E-state index >= 15 is 0 Å². The summed E-state index contributed by atoms with van der Waals surface area (Å²) < 4.78 is 14.1. The molecule has 1 saturated heterocycles. The molecule has 0 radical (unpaired) electrons. The van der Waals surface area contributed by atoms with Gasteiger partial charge in [-0.05, 0) is 24.7 Å². The van der Waals surface area contributed by atoms with E-state index in [0.29, 0.717) is 11.3 Å². The van der Waals surface area contributed by atoms with Crippen LogP contribution in [0.25, 0.3) is 0 Å². The Morgan fingerprint density at radius 3 is 2.53 bits per heavy atom. The predicted molar refractivity (Wildman–Crippen MR) is 74.1 cm³/mol. The van der Waals surface area contributed by atoms with E-state index in [2.05, 4.69) is 17.1 Å². The second kappa shape index (κ2) is 6.02. The minimum Gasteiger partial charge on any atom is -0.367 e. The smallest absolute Gasteiger partial charge is 0.251 e. The van der Waals surface area contributed by atoms with Gasteiger partial charge in [0.2, 0.25) is 0 Å². The number of anilines is 1. The number of amides is 1. The number of nitrogens with zero attached hydrogens (tertiary/aromatic N) is 2. The van der Waals surface area contributed by atoms with E-state index in [0.717, 1.165) is 32.7 Å². The lowest BCUT2D eigenvalue weighted by Crippen LogP contribution is -2.46. The molecule has 1 aliphatic heterocycles. The lowest BCUT2D eigenvalue weighted by molar-refractivity contribution is 0.0962. The zero-order chi connectivity index (χ0) is 13.8. The largest absolute Gasteiger partial charge is 0.367 e. The number of rotatable bonds is 3. The highest BCUT2D eigenvalue weighted by atomic mass is 19.1. The summed E-state index contributed by atoms with van der Waals surface area (Å²) in [6.45, 7) is 6.72. The molecule has 1 N–H and O–H groups in total. The highest BCUT2D eigenvalue weighted by Gasteiger charge is 2.19. The lowest BCUT2D eigenvalue weighted by Gasteiger charge is -2.35. The van der Waals surface area contributed by atoms with Gasteiger partial charge in [-0.2, -0.15) is 0 Å². The molecule has 5 heteroatoms. The minimum atomic E-state index is -0.328. The van der Waals surface area contributed by atoms with Crippen molar-refractivity contribution in [2.75, 3.05) is 44.7 Å². The Morgan fingerprint density at radius 2 is 2.00 bits per heavy atom. The molecule has 0 spiro atoms. The van der Waals surface area contributed by atoms with Crippen molar-refractivity contribution in [3.05, 3.63) is 29.6 Å². The number of likely N-dealkylation sites (N-methyl/N-ethyl adjacent to an activating group) is 1. The van der Waals surface area contributed by atoms with Gasteiger partial charge in [0.1, 0.15) is 5.82 Å². The Bertz CT molecular complexity index is 456. The summed E-state index contributed by atoms with van der Waals surface area (Å²) in [5.74, 6) is -0.590. The molecule has 1 aromatic rings. The summed E-state index contributed by atoms with van der Waals surface area (Å²) in [6, 6.07) is 4.67. The van der Waals surface area contributed by atoms with Crippen molar-refractivity contribution in [3.8, 4) is 0 Å². The number of hydrogen-bond acceptors (Lipinski definition) is 3. The van der Waals surface area contributed by atoms with Gasteiger partial charge in [0.15, 0.2) is 0 Å². The van der Waals surface area contributed by atoms with Gasteiger partial charge in [-0.3, -0.25) is 4.79 Å².